The topological polar surface area (TPSA) is 106 Å². The van der Waals surface area contributed by atoms with Crippen LogP contribution in [-0.4, -0.2) is 65.4 Å². The maximum absolute atomic E-state index is 13.2. The zero-order valence-electron chi connectivity index (χ0n) is 16.8. The molecule has 2 unspecified atom stereocenters. The van der Waals surface area contributed by atoms with Gasteiger partial charge in [0.05, 0.1) is 19.1 Å². The number of aromatic amines is 1. The summed E-state index contributed by atoms with van der Waals surface area (Å²) in [5, 5.41) is 2.85. The molecule has 0 fully saturated rings. The molecule has 30 heavy (non-hydrogen) atoms. The first-order chi connectivity index (χ1) is 14.6. The van der Waals surface area contributed by atoms with E-state index in [1.807, 2.05) is 24.5 Å². The molecular weight excluding hydrogens is 408 g/mol. The highest BCUT2D eigenvalue weighted by Crippen LogP contribution is 2.39. The highest BCUT2D eigenvalue weighted by molar-refractivity contribution is 7.98. The minimum absolute atomic E-state index is 0.178. The predicted octanol–water partition coefficient (Wildman–Crippen LogP) is 2.09. The lowest BCUT2D eigenvalue weighted by molar-refractivity contribution is -0.142. The normalized spacial score (nSPS) is 17.9. The Labute approximate surface area is 178 Å². The second-order valence-corrected chi connectivity index (χ2v) is 8.02. The highest BCUT2D eigenvalue weighted by atomic mass is 32.2. The van der Waals surface area contributed by atoms with Crippen molar-refractivity contribution in [3.05, 3.63) is 41.5 Å². The van der Waals surface area contributed by atoms with Gasteiger partial charge in [-0.15, -0.1) is 0 Å². The average molecular weight is 433 g/mol. The summed E-state index contributed by atoms with van der Waals surface area (Å²) < 4.78 is 15.8. The van der Waals surface area contributed by atoms with Crippen LogP contribution in [0.15, 0.2) is 24.5 Å². The summed E-state index contributed by atoms with van der Waals surface area (Å²) >= 11 is 1.61. The Morgan fingerprint density at radius 1 is 1.40 bits per heavy atom. The van der Waals surface area contributed by atoms with Crippen molar-refractivity contribution in [2.24, 2.45) is 0 Å². The molecule has 0 radical (unpaired) electrons. The van der Waals surface area contributed by atoms with Gasteiger partial charge in [0.2, 0.25) is 6.79 Å². The molecule has 2 amide bonds. The number of rotatable bonds is 6. The molecule has 1 aromatic carbocycles. The number of thioether (sulfide) groups is 1. The fourth-order valence-corrected chi connectivity index (χ4v) is 4.25. The average Bonchev–Trinajstić information content (AvgIpc) is 3.43. The summed E-state index contributed by atoms with van der Waals surface area (Å²) in [5.74, 6) is 1.60. The van der Waals surface area contributed by atoms with Crippen molar-refractivity contribution in [3.8, 4) is 11.5 Å². The Morgan fingerprint density at radius 2 is 2.23 bits per heavy atom. The Morgan fingerprint density at radius 3 is 3.03 bits per heavy atom. The van der Waals surface area contributed by atoms with Crippen LogP contribution in [0, 0.1) is 0 Å². The van der Waals surface area contributed by atoms with E-state index in [2.05, 4.69) is 15.3 Å². The van der Waals surface area contributed by atoms with Crippen molar-refractivity contribution in [2.75, 3.05) is 32.5 Å². The fourth-order valence-electron chi connectivity index (χ4n) is 3.78. The second kappa shape index (κ2) is 8.86. The SMILES string of the molecule is COC(=O)C(CCSC)NC(=O)N1CCc2[nH]cnc2C1c1ccc2c(c1)OCO2. The predicted molar refractivity (Wildman–Crippen MR) is 111 cm³/mol. The van der Waals surface area contributed by atoms with Gasteiger partial charge in [-0.1, -0.05) is 6.07 Å². The number of aromatic nitrogens is 2. The van der Waals surface area contributed by atoms with Crippen molar-refractivity contribution in [2.45, 2.75) is 24.9 Å². The fraction of sp³-hybridized carbons (Fsp3) is 0.450. The number of nitrogens with one attached hydrogen (secondary N) is 2. The molecule has 0 aliphatic carbocycles. The Kier molecular flexibility index (Phi) is 6.03. The molecule has 10 heteroatoms. The molecule has 0 saturated heterocycles. The van der Waals surface area contributed by atoms with Crippen LogP contribution in [0.1, 0.15) is 29.4 Å². The van der Waals surface area contributed by atoms with Gasteiger partial charge in [-0.05, 0) is 36.1 Å². The van der Waals surface area contributed by atoms with Gasteiger partial charge in [-0.2, -0.15) is 11.8 Å². The molecule has 2 aliphatic rings. The minimum atomic E-state index is -0.701. The van der Waals surface area contributed by atoms with Crippen molar-refractivity contribution in [1.82, 2.24) is 20.2 Å². The standard InChI is InChI=1S/C20H24N4O5S/c1-27-19(25)14(6-8-30-2)23-20(26)24-7-5-13-17(22-10-21-13)18(24)12-3-4-15-16(9-12)29-11-28-15/h3-4,9-10,14,18H,5-8,11H2,1-2H3,(H,21,22)(H,23,26). The van der Waals surface area contributed by atoms with Gasteiger partial charge in [-0.25, -0.2) is 14.6 Å². The second-order valence-electron chi connectivity index (χ2n) is 7.03. The van der Waals surface area contributed by atoms with Crippen molar-refractivity contribution in [1.29, 1.82) is 0 Å². The summed E-state index contributed by atoms with van der Waals surface area (Å²) in [7, 11) is 1.33. The first kappa shape index (κ1) is 20.4. The van der Waals surface area contributed by atoms with Crippen LogP contribution in [0.5, 0.6) is 11.5 Å². The monoisotopic (exact) mass is 432 g/mol. The number of esters is 1. The van der Waals surface area contributed by atoms with Crippen molar-refractivity contribution in [3.63, 3.8) is 0 Å². The molecule has 0 saturated carbocycles. The van der Waals surface area contributed by atoms with E-state index in [9.17, 15) is 9.59 Å². The Hall–Kier alpha value is -2.88. The molecule has 4 rings (SSSR count). The number of nitrogens with zero attached hydrogens (tertiary/aromatic N) is 2. The smallest absolute Gasteiger partial charge is 0.328 e. The molecule has 2 aliphatic heterocycles. The van der Waals surface area contributed by atoms with E-state index in [1.165, 1.54) is 7.11 Å². The van der Waals surface area contributed by atoms with Crippen molar-refractivity contribution >= 4 is 23.8 Å². The van der Waals surface area contributed by atoms with Crippen LogP contribution in [0.2, 0.25) is 0 Å². The molecule has 0 spiro atoms. The van der Waals surface area contributed by atoms with Crippen LogP contribution in [-0.2, 0) is 16.0 Å². The molecule has 0 bridgehead atoms. The number of hydrogen-bond acceptors (Lipinski definition) is 7. The number of methoxy groups -OCH3 is 1. The molecule has 2 atom stereocenters. The Balaban J connectivity index is 1.62. The van der Waals surface area contributed by atoms with Crippen LogP contribution in [0.25, 0.3) is 0 Å². The lowest BCUT2D eigenvalue weighted by Gasteiger charge is -2.36. The van der Waals surface area contributed by atoms with Crippen molar-refractivity contribution < 1.29 is 23.8 Å². The number of urea groups is 1. The van der Waals surface area contributed by atoms with Crippen LogP contribution >= 0.6 is 11.8 Å². The van der Waals surface area contributed by atoms with E-state index in [1.54, 1.807) is 23.0 Å². The quantitative estimate of drug-likeness (QED) is 0.673. The third kappa shape index (κ3) is 3.91. The number of hydrogen-bond donors (Lipinski definition) is 2. The maximum Gasteiger partial charge on any atom is 0.328 e. The number of amides is 2. The van der Waals surface area contributed by atoms with E-state index in [0.29, 0.717) is 30.9 Å². The lowest BCUT2D eigenvalue weighted by Crippen LogP contribution is -2.51. The van der Waals surface area contributed by atoms with Gasteiger partial charge in [-0.3, -0.25) is 0 Å². The maximum atomic E-state index is 13.2. The zero-order chi connectivity index (χ0) is 21.1. The summed E-state index contributed by atoms with van der Waals surface area (Å²) in [4.78, 5) is 34.8. The summed E-state index contributed by atoms with van der Waals surface area (Å²) in [6.45, 7) is 0.661. The molecule has 1 aromatic heterocycles. The summed E-state index contributed by atoms with van der Waals surface area (Å²) in [5.41, 5.74) is 2.64. The van der Waals surface area contributed by atoms with Gasteiger partial charge in [0, 0.05) is 18.7 Å². The van der Waals surface area contributed by atoms with Gasteiger partial charge in [0.25, 0.3) is 0 Å². The molecule has 9 nitrogen and oxygen atoms in total. The van der Waals surface area contributed by atoms with Gasteiger partial charge in [0.1, 0.15) is 12.1 Å². The first-order valence-corrected chi connectivity index (χ1v) is 11.1. The molecule has 2 N–H and O–H groups in total. The third-order valence-electron chi connectivity index (χ3n) is 5.29. The largest absolute Gasteiger partial charge is 0.467 e. The Bertz CT molecular complexity index is 934. The van der Waals surface area contributed by atoms with E-state index < -0.39 is 18.1 Å². The van der Waals surface area contributed by atoms with Gasteiger partial charge >= 0.3 is 12.0 Å². The number of ether oxygens (including phenoxy) is 3. The van der Waals surface area contributed by atoms with E-state index in [0.717, 1.165) is 22.7 Å². The van der Waals surface area contributed by atoms with E-state index in [-0.39, 0.29) is 12.8 Å². The van der Waals surface area contributed by atoms with Gasteiger partial charge < -0.3 is 29.4 Å². The number of carbonyl (C=O) groups excluding carboxylic acids is 2. The summed E-state index contributed by atoms with van der Waals surface area (Å²) in [6.07, 6.45) is 4.74. The number of imidazole rings is 1. The number of fused-ring (bicyclic) bond motifs is 2. The third-order valence-corrected chi connectivity index (χ3v) is 5.94. The zero-order valence-corrected chi connectivity index (χ0v) is 17.7. The number of H-pyrrole nitrogens is 1. The minimum Gasteiger partial charge on any atom is -0.467 e. The molecule has 2 aromatic rings. The number of benzene rings is 1. The van der Waals surface area contributed by atoms with Crippen LogP contribution < -0.4 is 14.8 Å². The first-order valence-electron chi connectivity index (χ1n) is 9.68. The van der Waals surface area contributed by atoms with Crippen LogP contribution in [0.3, 0.4) is 0 Å². The number of carbonyl (C=O) groups is 2. The van der Waals surface area contributed by atoms with Crippen LogP contribution in [0.4, 0.5) is 4.79 Å². The molecule has 3 heterocycles. The molecule has 160 valence electrons. The summed E-state index contributed by atoms with van der Waals surface area (Å²) in [6, 6.07) is 4.19. The van der Waals surface area contributed by atoms with E-state index >= 15 is 0 Å². The lowest BCUT2D eigenvalue weighted by atomic mass is 9.95. The highest BCUT2D eigenvalue weighted by Gasteiger charge is 2.36. The van der Waals surface area contributed by atoms with E-state index in [4.69, 9.17) is 14.2 Å². The molecular formula is C20H24N4O5S. The van der Waals surface area contributed by atoms with Gasteiger partial charge in [0.15, 0.2) is 11.5 Å².